The number of alkyl halides is 3. The fraction of sp³-hybridized carbons (Fsp3) is 0.538. The van der Waals surface area contributed by atoms with E-state index in [0.717, 1.165) is 51.3 Å². The summed E-state index contributed by atoms with van der Waals surface area (Å²) < 4.78 is 39.9. The summed E-state index contributed by atoms with van der Waals surface area (Å²) in [7, 11) is 2.17. The van der Waals surface area contributed by atoms with E-state index in [1.54, 1.807) is 0 Å². The van der Waals surface area contributed by atoms with E-state index in [1.807, 2.05) is 0 Å². The summed E-state index contributed by atoms with van der Waals surface area (Å²) in [5.41, 5.74) is 0.288. The molecule has 5 rings (SSSR count). The molecule has 0 aromatic carbocycles. The van der Waals surface area contributed by atoms with Gasteiger partial charge in [0.15, 0.2) is 0 Å². The van der Waals surface area contributed by atoms with Gasteiger partial charge < -0.3 is 15.2 Å². The maximum atomic E-state index is 13.3. The second kappa shape index (κ2) is 10.3. The van der Waals surface area contributed by atoms with Gasteiger partial charge >= 0.3 is 6.18 Å². The van der Waals surface area contributed by atoms with Gasteiger partial charge in [-0.05, 0) is 51.6 Å². The van der Waals surface area contributed by atoms with Crippen molar-refractivity contribution < 1.29 is 13.2 Å². The quantitative estimate of drug-likeness (QED) is 0.519. The van der Waals surface area contributed by atoms with Crippen molar-refractivity contribution in [1.82, 2.24) is 29.7 Å². The average Bonchev–Trinajstić information content (AvgIpc) is 3.32. The van der Waals surface area contributed by atoms with Crippen LogP contribution < -0.4 is 5.32 Å². The van der Waals surface area contributed by atoms with E-state index in [4.69, 9.17) is 0 Å². The number of nitrogens with one attached hydrogen (secondary N) is 2. The second-order valence-electron chi connectivity index (χ2n) is 10.2. The summed E-state index contributed by atoms with van der Waals surface area (Å²) >= 11 is 0. The standard InChI is InChI=1S/C26H31F3N8/c1-16(17-3-5-20(6-4-17)37-9-7-36(2)8-10-37)34-25-33-13-18(12-30)23(35-25)22-15-32-24-21(22)11-19(14-31-24)26(27,28)29/h11,13-17,20H,3-10H2,1-2H3,(H,31,32)(H,33,34,35)/t16-,17?,20?/m1/s1. The normalized spacial score (nSPS) is 22.6. The van der Waals surface area contributed by atoms with Crippen molar-refractivity contribution in [1.29, 1.82) is 5.26 Å². The molecule has 1 saturated carbocycles. The molecule has 1 saturated heterocycles. The molecule has 1 aliphatic heterocycles. The van der Waals surface area contributed by atoms with Gasteiger partial charge in [0, 0.05) is 61.6 Å². The first-order chi connectivity index (χ1) is 17.7. The monoisotopic (exact) mass is 512 g/mol. The molecule has 0 radical (unpaired) electrons. The zero-order chi connectivity index (χ0) is 26.2. The van der Waals surface area contributed by atoms with Crippen molar-refractivity contribution in [3.8, 4) is 17.3 Å². The van der Waals surface area contributed by atoms with Gasteiger partial charge in [0.2, 0.25) is 5.95 Å². The van der Waals surface area contributed by atoms with E-state index in [9.17, 15) is 18.4 Å². The lowest BCUT2D eigenvalue weighted by atomic mass is 9.81. The number of H-pyrrole nitrogens is 1. The Bertz CT molecular complexity index is 1280. The number of aromatic amines is 1. The highest BCUT2D eigenvalue weighted by Crippen LogP contribution is 2.35. The number of halogens is 3. The molecule has 196 valence electrons. The Morgan fingerprint density at radius 3 is 2.51 bits per heavy atom. The third kappa shape index (κ3) is 5.40. The number of fused-ring (bicyclic) bond motifs is 1. The van der Waals surface area contributed by atoms with Crippen molar-refractivity contribution in [2.24, 2.45) is 5.92 Å². The Morgan fingerprint density at radius 2 is 1.84 bits per heavy atom. The molecule has 8 nitrogen and oxygen atoms in total. The van der Waals surface area contributed by atoms with Crippen LogP contribution in [0.5, 0.6) is 0 Å². The first-order valence-corrected chi connectivity index (χ1v) is 12.7. The minimum atomic E-state index is -4.52. The van der Waals surface area contributed by atoms with Gasteiger partial charge in [0.05, 0.1) is 23.0 Å². The van der Waals surface area contributed by atoms with Crippen LogP contribution in [-0.2, 0) is 6.18 Å². The fourth-order valence-corrected chi connectivity index (χ4v) is 5.57. The number of hydrogen-bond donors (Lipinski definition) is 2. The lowest BCUT2D eigenvalue weighted by molar-refractivity contribution is -0.137. The van der Waals surface area contributed by atoms with E-state index in [0.29, 0.717) is 29.1 Å². The molecule has 4 heterocycles. The second-order valence-corrected chi connectivity index (χ2v) is 10.2. The molecular weight excluding hydrogens is 481 g/mol. The Labute approximate surface area is 213 Å². The molecule has 37 heavy (non-hydrogen) atoms. The Morgan fingerprint density at radius 1 is 1.11 bits per heavy atom. The van der Waals surface area contributed by atoms with Gasteiger partial charge in [-0.15, -0.1) is 0 Å². The SMILES string of the molecule is C[C@@H](Nc1ncc(C#N)c(-c2c[nH]c3ncc(C(F)(F)F)cc23)n1)C1CCC(N2CCN(C)CC2)CC1. The molecule has 3 aromatic rings. The van der Waals surface area contributed by atoms with Gasteiger partial charge in [0.1, 0.15) is 11.7 Å². The predicted octanol–water partition coefficient (Wildman–Crippen LogP) is 4.52. The van der Waals surface area contributed by atoms with Crippen LogP contribution in [0.1, 0.15) is 43.7 Å². The van der Waals surface area contributed by atoms with Gasteiger partial charge in [-0.1, -0.05) is 0 Å². The average molecular weight is 513 g/mol. The molecule has 3 aromatic heterocycles. The number of piperazine rings is 1. The number of rotatable bonds is 5. The van der Waals surface area contributed by atoms with Crippen molar-refractivity contribution in [3.05, 3.63) is 35.8 Å². The topological polar surface area (TPSA) is 96.8 Å². The van der Waals surface area contributed by atoms with Crippen LogP contribution in [-0.4, -0.2) is 75.0 Å². The third-order valence-electron chi connectivity index (χ3n) is 7.88. The molecule has 11 heteroatoms. The largest absolute Gasteiger partial charge is 0.417 e. The van der Waals surface area contributed by atoms with Crippen molar-refractivity contribution >= 4 is 17.0 Å². The van der Waals surface area contributed by atoms with Crippen LogP contribution in [0, 0.1) is 17.2 Å². The summed E-state index contributed by atoms with van der Waals surface area (Å²) in [6.07, 6.45) is 3.79. The van der Waals surface area contributed by atoms with Gasteiger partial charge in [-0.25, -0.2) is 15.0 Å². The van der Waals surface area contributed by atoms with Crippen molar-refractivity contribution in [2.45, 2.75) is 50.9 Å². The number of aromatic nitrogens is 4. The fourth-order valence-electron chi connectivity index (χ4n) is 5.57. The van der Waals surface area contributed by atoms with E-state index in [1.165, 1.54) is 25.2 Å². The number of pyridine rings is 1. The van der Waals surface area contributed by atoms with Crippen LogP contribution in [0.25, 0.3) is 22.3 Å². The number of nitrogens with zero attached hydrogens (tertiary/aromatic N) is 6. The van der Waals surface area contributed by atoms with E-state index < -0.39 is 11.7 Å². The van der Waals surface area contributed by atoms with E-state index in [-0.39, 0.29) is 22.7 Å². The van der Waals surface area contributed by atoms with Crippen molar-refractivity contribution in [3.63, 3.8) is 0 Å². The highest BCUT2D eigenvalue weighted by Gasteiger charge is 2.32. The maximum Gasteiger partial charge on any atom is 0.417 e. The van der Waals surface area contributed by atoms with Crippen LogP contribution in [0.15, 0.2) is 24.7 Å². The van der Waals surface area contributed by atoms with Crippen LogP contribution in [0.2, 0.25) is 0 Å². The Balaban J connectivity index is 1.31. The lowest BCUT2D eigenvalue weighted by Crippen LogP contribution is -2.50. The summed E-state index contributed by atoms with van der Waals surface area (Å²) in [5.74, 6) is 0.829. The zero-order valence-corrected chi connectivity index (χ0v) is 21.0. The Kier molecular flexibility index (Phi) is 7.05. The highest BCUT2D eigenvalue weighted by molar-refractivity contribution is 5.94. The number of likely N-dealkylation sites (N-methyl/N-ethyl adjacent to an activating group) is 1. The first-order valence-electron chi connectivity index (χ1n) is 12.7. The molecule has 2 N–H and O–H groups in total. The molecule has 2 aliphatic rings. The zero-order valence-electron chi connectivity index (χ0n) is 21.0. The molecule has 2 fully saturated rings. The highest BCUT2D eigenvalue weighted by atomic mass is 19.4. The summed E-state index contributed by atoms with van der Waals surface area (Å²) in [6, 6.07) is 3.86. The number of anilines is 1. The molecule has 0 unspecified atom stereocenters. The summed E-state index contributed by atoms with van der Waals surface area (Å²) in [6.45, 7) is 6.64. The molecule has 0 amide bonds. The smallest absolute Gasteiger partial charge is 0.351 e. The minimum absolute atomic E-state index is 0.121. The van der Waals surface area contributed by atoms with Gasteiger partial charge in [-0.3, -0.25) is 4.90 Å². The van der Waals surface area contributed by atoms with Crippen LogP contribution in [0.3, 0.4) is 0 Å². The summed E-state index contributed by atoms with van der Waals surface area (Å²) in [5, 5.41) is 13.3. The third-order valence-corrected chi connectivity index (χ3v) is 7.88. The minimum Gasteiger partial charge on any atom is -0.351 e. The first kappa shape index (κ1) is 25.4. The molecular formula is C26H31F3N8. The predicted molar refractivity (Wildman–Crippen MR) is 135 cm³/mol. The summed E-state index contributed by atoms with van der Waals surface area (Å²) in [4.78, 5) is 20.7. The molecule has 0 spiro atoms. The van der Waals surface area contributed by atoms with Crippen molar-refractivity contribution in [2.75, 3.05) is 38.5 Å². The molecule has 1 atom stereocenters. The molecule has 1 aliphatic carbocycles. The van der Waals surface area contributed by atoms with Gasteiger partial charge in [-0.2, -0.15) is 18.4 Å². The maximum absolute atomic E-state index is 13.3. The van der Waals surface area contributed by atoms with Gasteiger partial charge in [0.25, 0.3) is 0 Å². The number of hydrogen-bond acceptors (Lipinski definition) is 7. The number of nitriles is 1. The van der Waals surface area contributed by atoms with E-state index >= 15 is 0 Å². The van der Waals surface area contributed by atoms with Crippen LogP contribution >= 0.6 is 0 Å². The van der Waals surface area contributed by atoms with Crippen LogP contribution in [0.4, 0.5) is 19.1 Å². The molecule has 0 bridgehead atoms. The lowest BCUT2D eigenvalue weighted by Gasteiger charge is -2.42. The Hall–Kier alpha value is -3.23. The van der Waals surface area contributed by atoms with E-state index in [2.05, 4.69) is 55.1 Å².